The van der Waals surface area contributed by atoms with Gasteiger partial charge < -0.3 is 20.4 Å². The van der Waals surface area contributed by atoms with Crippen molar-refractivity contribution in [2.75, 3.05) is 0 Å². The van der Waals surface area contributed by atoms with Crippen LogP contribution in [-0.2, 0) is 19.5 Å². The van der Waals surface area contributed by atoms with Crippen LogP contribution in [0.25, 0.3) is 0 Å². The molecule has 6 nitrogen and oxygen atoms in total. The van der Waals surface area contributed by atoms with E-state index in [1.54, 1.807) is 0 Å². The third-order valence-corrected chi connectivity index (χ3v) is 7.39. The van der Waals surface area contributed by atoms with E-state index in [0.29, 0.717) is 11.1 Å². The second-order valence-electron chi connectivity index (χ2n) is 9.82. The molecule has 2 N–H and O–H groups in total. The van der Waals surface area contributed by atoms with Gasteiger partial charge in [-0.1, -0.05) is 90.1 Å². The average Bonchev–Trinajstić information content (AvgIpc) is 2.86. The van der Waals surface area contributed by atoms with E-state index in [9.17, 15) is 19.8 Å². The zero-order chi connectivity index (χ0) is 27.7. The monoisotopic (exact) mass is 562 g/mol. The van der Waals surface area contributed by atoms with E-state index in [2.05, 4.69) is 13.8 Å². The molecule has 0 radical (unpaired) electrons. The second kappa shape index (κ2) is 15.8. The van der Waals surface area contributed by atoms with E-state index in [0.717, 1.165) is 36.8 Å². The normalized spacial score (nSPS) is 13.8. The van der Waals surface area contributed by atoms with Gasteiger partial charge in [-0.3, -0.25) is 0 Å². The molecule has 0 bridgehead atoms. The molecule has 0 aliphatic rings. The van der Waals surface area contributed by atoms with Crippen LogP contribution in [0.1, 0.15) is 148 Å². The maximum atomic E-state index is 12.1. The smallest absolute Gasteiger partial charge is 0.872 e. The Morgan fingerprint density at radius 3 is 1.11 bits per heavy atom. The van der Waals surface area contributed by atoms with Crippen LogP contribution < -0.4 is 10.2 Å². The zero-order valence-electron chi connectivity index (χ0n) is 23.7. The number of aromatic carboxylic acids is 2. The molecule has 7 heteroatoms. The minimum Gasteiger partial charge on any atom is -0.872 e. The summed E-state index contributed by atoms with van der Waals surface area (Å²) in [6.45, 7) is 16.1. The molecule has 2 aromatic rings. The summed E-state index contributed by atoms with van der Waals surface area (Å²) in [5.41, 5.74) is 2.97. The van der Waals surface area contributed by atoms with Gasteiger partial charge in [-0.2, -0.15) is 0 Å². The average molecular weight is 564 g/mol. The quantitative estimate of drug-likeness (QED) is 0.301. The van der Waals surface area contributed by atoms with Gasteiger partial charge >= 0.3 is 31.4 Å². The van der Waals surface area contributed by atoms with Gasteiger partial charge in [-0.25, -0.2) is 9.59 Å². The van der Waals surface area contributed by atoms with E-state index in [1.807, 2.05) is 53.7 Å². The van der Waals surface area contributed by atoms with Crippen LogP contribution in [0.15, 0.2) is 24.3 Å². The maximum Gasteiger partial charge on any atom is 2.00 e. The molecule has 200 valence electrons. The maximum absolute atomic E-state index is 12.1. The molecule has 0 aromatic heterocycles. The van der Waals surface area contributed by atoms with Crippen LogP contribution in [0, 0.1) is 0 Å². The summed E-state index contributed by atoms with van der Waals surface area (Å²) in [7, 11) is 0. The molecule has 0 aliphatic carbocycles. The van der Waals surface area contributed by atoms with Gasteiger partial charge in [0, 0.05) is 0 Å². The SMILES string of the molecule is CCC(C)c1cc(C(=O)O)c([O-])c(C(C)CC)c1.CCC(C)c1cc(C(=O)O)c([O-])c(C(C)CC)c1.[Zn+2]. The summed E-state index contributed by atoms with van der Waals surface area (Å²) in [4.78, 5) is 22.3. The molecule has 4 atom stereocenters. The fourth-order valence-electron chi connectivity index (χ4n) is 3.88. The number of rotatable bonds is 10. The van der Waals surface area contributed by atoms with Gasteiger partial charge in [0.15, 0.2) is 0 Å². The van der Waals surface area contributed by atoms with Crippen LogP contribution >= 0.6 is 0 Å². The van der Waals surface area contributed by atoms with Crippen LogP contribution in [-0.4, -0.2) is 22.2 Å². The van der Waals surface area contributed by atoms with Crippen LogP contribution in [0.4, 0.5) is 0 Å². The third-order valence-electron chi connectivity index (χ3n) is 7.39. The summed E-state index contributed by atoms with van der Waals surface area (Å²) in [6.07, 6.45) is 3.52. The van der Waals surface area contributed by atoms with Crippen molar-refractivity contribution in [1.29, 1.82) is 0 Å². The largest absolute Gasteiger partial charge is 2.00 e. The van der Waals surface area contributed by atoms with Crippen molar-refractivity contribution in [3.8, 4) is 11.5 Å². The Kier molecular flexibility index (Phi) is 14.7. The van der Waals surface area contributed by atoms with Crippen molar-refractivity contribution in [1.82, 2.24) is 0 Å². The summed E-state index contributed by atoms with van der Waals surface area (Å²) >= 11 is 0. The summed E-state index contributed by atoms with van der Waals surface area (Å²) < 4.78 is 0. The summed E-state index contributed by atoms with van der Waals surface area (Å²) in [6, 6.07) is 6.84. The predicted molar refractivity (Wildman–Crippen MR) is 141 cm³/mol. The molecular formula is C30H42O6Zn. The first kappa shape index (κ1) is 34.6. The van der Waals surface area contributed by atoms with Crippen molar-refractivity contribution in [2.24, 2.45) is 0 Å². The van der Waals surface area contributed by atoms with E-state index < -0.39 is 11.9 Å². The van der Waals surface area contributed by atoms with E-state index in [-0.39, 0.29) is 65.8 Å². The summed E-state index contributed by atoms with van der Waals surface area (Å²) in [5.74, 6) is -2.19. The number of benzene rings is 2. The Morgan fingerprint density at radius 2 is 0.892 bits per heavy atom. The van der Waals surface area contributed by atoms with Crippen LogP contribution in [0.3, 0.4) is 0 Å². The Bertz CT molecular complexity index is 965. The Morgan fingerprint density at radius 1 is 0.622 bits per heavy atom. The van der Waals surface area contributed by atoms with Crippen LogP contribution in [0.5, 0.6) is 11.5 Å². The minimum atomic E-state index is -1.13. The number of hydrogen-bond acceptors (Lipinski definition) is 4. The van der Waals surface area contributed by atoms with Crippen molar-refractivity contribution in [2.45, 2.75) is 105 Å². The molecule has 0 aliphatic heterocycles. The predicted octanol–water partition coefficient (Wildman–Crippen LogP) is 6.97. The molecule has 4 unspecified atom stereocenters. The standard InChI is InChI=1S/2C15H22O3.Zn/c2*1-5-9(3)11-7-12(10(4)6-2)14(16)13(8-11)15(17)18;/h2*7-10,16H,5-6H2,1-4H3,(H,17,18);/q;;+2/p-2. The van der Waals surface area contributed by atoms with Gasteiger partial charge in [0.25, 0.3) is 0 Å². The number of hydrogen-bond donors (Lipinski definition) is 2. The second-order valence-corrected chi connectivity index (χ2v) is 9.82. The fourth-order valence-corrected chi connectivity index (χ4v) is 3.88. The van der Waals surface area contributed by atoms with Gasteiger partial charge in [-0.05, 0) is 72.6 Å². The van der Waals surface area contributed by atoms with Crippen molar-refractivity contribution in [3.63, 3.8) is 0 Å². The number of carboxylic acids is 2. The molecule has 0 heterocycles. The molecule has 2 aromatic carbocycles. The van der Waals surface area contributed by atoms with Gasteiger partial charge in [-0.15, -0.1) is 0 Å². The molecular weight excluding hydrogens is 522 g/mol. The molecule has 0 saturated heterocycles. The Balaban J connectivity index is 0.000000682. The van der Waals surface area contributed by atoms with Crippen molar-refractivity contribution in [3.05, 3.63) is 57.6 Å². The number of carboxylic acid groups (broad SMARTS) is 2. The Labute approximate surface area is 234 Å². The molecule has 0 amide bonds. The van der Waals surface area contributed by atoms with Gasteiger partial charge in [0.2, 0.25) is 0 Å². The molecule has 0 fully saturated rings. The van der Waals surface area contributed by atoms with E-state index in [1.165, 1.54) is 12.1 Å². The van der Waals surface area contributed by atoms with Crippen LogP contribution in [0.2, 0.25) is 0 Å². The summed E-state index contributed by atoms with van der Waals surface area (Å²) in [5, 5.41) is 42.4. The van der Waals surface area contributed by atoms with E-state index in [4.69, 9.17) is 10.2 Å². The minimum absolute atomic E-state index is 0. The van der Waals surface area contributed by atoms with E-state index >= 15 is 0 Å². The first-order chi connectivity index (χ1) is 16.8. The number of carbonyl (C=O) groups is 2. The Hall–Kier alpha value is -2.40. The van der Waals surface area contributed by atoms with Gasteiger partial charge in [0.05, 0.1) is 11.1 Å². The first-order valence-corrected chi connectivity index (χ1v) is 13.0. The van der Waals surface area contributed by atoms with Gasteiger partial charge in [0.1, 0.15) is 0 Å². The molecule has 0 spiro atoms. The topological polar surface area (TPSA) is 121 Å². The fraction of sp³-hybridized carbons (Fsp3) is 0.533. The molecule has 2 rings (SSSR count). The molecule has 0 saturated carbocycles. The third kappa shape index (κ3) is 8.84. The molecule has 37 heavy (non-hydrogen) atoms. The first-order valence-electron chi connectivity index (χ1n) is 13.0. The zero-order valence-corrected chi connectivity index (χ0v) is 26.6. The van der Waals surface area contributed by atoms with Crippen molar-refractivity contribution < 1.29 is 49.5 Å². The van der Waals surface area contributed by atoms with Crippen molar-refractivity contribution >= 4 is 11.9 Å².